The average Bonchev–Trinajstić information content (AvgIpc) is 2.59. The SMILES string of the molecule is O=C(O)Cc1ccc(N2CCC(F)(F)C2)nc1. The van der Waals surface area contributed by atoms with Gasteiger partial charge in [0.25, 0.3) is 5.92 Å². The lowest BCUT2D eigenvalue weighted by atomic mass is 10.2. The summed E-state index contributed by atoms with van der Waals surface area (Å²) >= 11 is 0. The van der Waals surface area contributed by atoms with Gasteiger partial charge in [0.15, 0.2) is 0 Å². The maximum absolute atomic E-state index is 13.0. The van der Waals surface area contributed by atoms with Gasteiger partial charge in [-0.15, -0.1) is 0 Å². The number of aromatic nitrogens is 1. The summed E-state index contributed by atoms with van der Waals surface area (Å²) in [6.07, 6.45) is 1.15. The van der Waals surface area contributed by atoms with E-state index >= 15 is 0 Å². The molecule has 0 atom stereocenters. The van der Waals surface area contributed by atoms with Crippen LogP contribution in [0.4, 0.5) is 14.6 Å². The van der Waals surface area contributed by atoms with Gasteiger partial charge in [0, 0.05) is 19.2 Å². The number of hydrogen-bond acceptors (Lipinski definition) is 3. The topological polar surface area (TPSA) is 53.4 Å². The Kier molecular flexibility index (Phi) is 2.95. The number of carboxylic acids is 1. The molecule has 1 saturated heterocycles. The first-order valence-electron chi connectivity index (χ1n) is 5.26. The minimum absolute atomic E-state index is 0.108. The monoisotopic (exact) mass is 242 g/mol. The Morgan fingerprint density at radius 2 is 2.29 bits per heavy atom. The lowest BCUT2D eigenvalue weighted by Crippen LogP contribution is -2.25. The molecule has 92 valence electrons. The number of halogens is 2. The quantitative estimate of drug-likeness (QED) is 0.873. The first kappa shape index (κ1) is 11.8. The van der Waals surface area contributed by atoms with Crippen molar-refractivity contribution in [1.29, 1.82) is 0 Å². The Morgan fingerprint density at radius 1 is 1.53 bits per heavy atom. The van der Waals surface area contributed by atoms with E-state index in [2.05, 4.69) is 4.98 Å². The molecule has 2 heterocycles. The van der Waals surface area contributed by atoms with Crippen molar-refractivity contribution in [2.75, 3.05) is 18.0 Å². The third kappa shape index (κ3) is 2.89. The van der Waals surface area contributed by atoms with E-state index in [1.54, 1.807) is 12.1 Å². The third-order valence-electron chi connectivity index (χ3n) is 2.66. The van der Waals surface area contributed by atoms with Crippen LogP contribution in [0.2, 0.25) is 0 Å². The molecule has 2 rings (SSSR count). The predicted octanol–water partition coefficient (Wildman–Crippen LogP) is 1.55. The van der Waals surface area contributed by atoms with Crippen molar-refractivity contribution in [3.63, 3.8) is 0 Å². The lowest BCUT2D eigenvalue weighted by molar-refractivity contribution is -0.136. The summed E-state index contributed by atoms with van der Waals surface area (Å²) in [5, 5.41) is 8.58. The van der Waals surface area contributed by atoms with Crippen molar-refractivity contribution >= 4 is 11.8 Å². The molecular formula is C11H12F2N2O2. The van der Waals surface area contributed by atoms with Crippen molar-refractivity contribution in [3.05, 3.63) is 23.9 Å². The second-order valence-electron chi connectivity index (χ2n) is 4.12. The Bertz CT molecular complexity index is 420. The van der Waals surface area contributed by atoms with Crippen LogP contribution in [-0.4, -0.2) is 35.1 Å². The third-order valence-corrected chi connectivity index (χ3v) is 2.66. The average molecular weight is 242 g/mol. The van der Waals surface area contributed by atoms with Gasteiger partial charge in [-0.1, -0.05) is 6.07 Å². The van der Waals surface area contributed by atoms with E-state index in [0.717, 1.165) is 0 Å². The van der Waals surface area contributed by atoms with Gasteiger partial charge >= 0.3 is 5.97 Å². The molecule has 1 aromatic rings. The zero-order chi connectivity index (χ0) is 12.5. The second-order valence-corrected chi connectivity index (χ2v) is 4.12. The molecule has 1 aromatic heterocycles. The number of rotatable bonds is 3. The van der Waals surface area contributed by atoms with Crippen molar-refractivity contribution in [2.24, 2.45) is 0 Å². The molecule has 6 heteroatoms. The molecule has 17 heavy (non-hydrogen) atoms. The number of anilines is 1. The second kappa shape index (κ2) is 4.27. The first-order chi connectivity index (χ1) is 7.96. The van der Waals surface area contributed by atoms with Gasteiger partial charge in [-0.05, 0) is 11.6 Å². The minimum atomic E-state index is -2.65. The largest absolute Gasteiger partial charge is 0.481 e. The molecule has 1 aliphatic heterocycles. The summed E-state index contributed by atoms with van der Waals surface area (Å²) in [7, 11) is 0. The highest BCUT2D eigenvalue weighted by molar-refractivity contribution is 5.70. The Morgan fingerprint density at radius 3 is 2.76 bits per heavy atom. The van der Waals surface area contributed by atoms with E-state index in [0.29, 0.717) is 11.4 Å². The van der Waals surface area contributed by atoms with Crippen LogP contribution in [0.3, 0.4) is 0 Å². The van der Waals surface area contributed by atoms with Gasteiger partial charge in [-0.3, -0.25) is 4.79 Å². The lowest BCUT2D eigenvalue weighted by Gasteiger charge is -2.16. The number of carbonyl (C=O) groups is 1. The van der Waals surface area contributed by atoms with E-state index in [1.807, 2.05) is 0 Å². The van der Waals surface area contributed by atoms with Crippen LogP contribution in [0.15, 0.2) is 18.3 Å². The van der Waals surface area contributed by atoms with E-state index in [1.165, 1.54) is 11.1 Å². The van der Waals surface area contributed by atoms with Gasteiger partial charge in [-0.25, -0.2) is 13.8 Å². The highest BCUT2D eigenvalue weighted by Gasteiger charge is 2.38. The first-order valence-corrected chi connectivity index (χ1v) is 5.26. The molecular weight excluding hydrogens is 230 g/mol. The summed E-state index contributed by atoms with van der Waals surface area (Å²) in [6.45, 7) is -0.0451. The zero-order valence-electron chi connectivity index (χ0n) is 9.07. The Balaban J connectivity index is 2.06. The fourth-order valence-corrected chi connectivity index (χ4v) is 1.81. The van der Waals surface area contributed by atoms with E-state index in [4.69, 9.17) is 5.11 Å². The number of alkyl halides is 2. The number of carboxylic acid groups (broad SMARTS) is 1. The summed E-state index contributed by atoms with van der Waals surface area (Å²) in [5.41, 5.74) is 0.562. The molecule has 1 N–H and O–H groups in total. The normalized spacial score (nSPS) is 18.4. The van der Waals surface area contributed by atoms with Gasteiger partial charge in [0.05, 0.1) is 13.0 Å². The fourth-order valence-electron chi connectivity index (χ4n) is 1.81. The van der Waals surface area contributed by atoms with E-state index in [-0.39, 0.29) is 25.9 Å². The summed E-state index contributed by atoms with van der Waals surface area (Å²) in [4.78, 5) is 16.0. The number of hydrogen-bond donors (Lipinski definition) is 1. The molecule has 0 radical (unpaired) electrons. The highest BCUT2D eigenvalue weighted by atomic mass is 19.3. The molecule has 0 aromatic carbocycles. The molecule has 1 fully saturated rings. The zero-order valence-corrected chi connectivity index (χ0v) is 9.07. The van der Waals surface area contributed by atoms with Crippen molar-refractivity contribution in [1.82, 2.24) is 4.98 Å². The van der Waals surface area contributed by atoms with Crippen LogP contribution in [0.25, 0.3) is 0 Å². The van der Waals surface area contributed by atoms with E-state index in [9.17, 15) is 13.6 Å². The molecule has 0 saturated carbocycles. The van der Waals surface area contributed by atoms with Crippen LogP contribution in [0.1, 0.15) is 12.0 Å². The fraction of sp³-hybridized carbons (Fsp3) is 0.455. The van der Waals surface area contributed by atoms with Gasteiger partial charge in [-0.2, -0.15) is 0 Å². The Hall–Kier alpha value is -1.72. The number of nitrogens with zero attached hydrogens (tertiary/aromatic N) is 2. The Labute approximate surface area is 96.9 Å². The maximum atomic E-state index is 13.0. The highest BCUT2D eigenvalue weighted by Crippen LogP contribution is 2.29. The molecule has 0 aliphatic carbocycles. The maximum Gasteiger partial charge on any atom is 0.307 e. The summed E-state index contributed by atoms with van der Waals surface area (Å²) in [6, 6.07) is 3.19. The predicted molar refractivity (Wildman–Crippen MR) is 57.4 cm³/mol. The van der Waals surface area contributed by atoms with Crippen molar-refractivity contribution < 1.29 is 18.7 Å². The van der Waals surface area contributed by atoms with Crippen molar-refractivity contribution in [3.8, 4) is 0 Å². The molecule has 0 amide bonds. The number of aliphatic carboxylic acids is 1. The minimum Gasteiger partial charge on any atom is -0.481 e. The van der Waals surface area contributed by atoms with Gasteiger partial charge in [0.2, 0.25) is 0 Å². The molecule has 0 spiro atoms. The smallest absolute Gasteiger partial charge is 0.307 e. The van der Waals surface area contributed by atoms with Crippen LogP contribution < -0.4 is 4.90 Å². The van der Waals surface area contributed by atoms with Crippen LogP contribution in [0, 0.1) is 0 Å². The van der Waals surface area contributed by atoms with Crippen LogP contribution >= 0.6 is 0 Å². The molecule has 0 bridgehead atoms. The van der Waals surface area contributed by atoms with Gasteiger partial charge < -0.3 is 10.0 Å². The standard InChI is InChI=1S/C11H12F2N2O2/c12-11(13)3-4-15(7-11)9-2-1-8(6-14-9)5-10(16)17/h1-2,6H,3-5,7H2,(H,16,17). The summed E-state index contributed by atoms with van der Waals surface area (Å²) in [5.74, 6) is -3.12. The van der Waals surface area contributed by atoms with Gasteiger partial charge in [0.1, 0.15) is 5.82 Å². The van der Waals surface area contributed by atoms with Crippen LogP contribution in [0.5, 0.6) is 0 Å². The molecule has 1 aliphatic rings. The molecule has 0 unspecified atom stereocenters. The molecule has 4 nitrogen and oxygen atoms in total. The van der Waals surface area contributed by atoms with Crippen LogP contribution in [-0.2, 0) is 11.2 Å². The van der Waals surface area contributed by atoms with Crippen molar-refractivity contribution in [2.45, 2.75) is 18.8 Å². The van der Waals surface area contributed by atoms with E-state index < -0.39 is 11.9 Å². The number of pyridine rings is 1. The summed E-state index contributed by atoms with van der Waals surface area (Å²) < 4.78 is 26.0.